The Labute approximate surface area is 104 Å². The molecule has 0 amide bonds. The monoisotopic (exact) mass is 278 g/mol. The van der Waals surface area contributed by atoms with Crippen molar-refractivity contribution in [2.45, 2.75) is 26.7 Å². The van der Waals surface area contributed by atoms with Crippen molar-refractivity contribution in [3.8, 4) is 0 Å². The minimum atomic E-state index is 0.928. The van der Waals surface area contributed by atoms with Crippen molar-refractivity contribution in [2.24, 2.45) is 0 Å². The maximum Gasteiger partial charge on any atom is 0.127 e. The molecule has 1 aromatic heterocycles. The first-order valence-electron chi connectivity index (χ1n) is 5.40. The van der Waals surface area contributed by atoms with Gasteiger partial charge in [0.1, 0.15) is 4.60 Å². The molecule has 0 saturated heterocycles. The molecule has 0 radical (unpaired) electrons. The predicted molar refractivity (Wildman–Crippen MR) is 69.6 cm³/mol. The van der Waals surface area contributed by atoms with Gasteiger partial charge in [0.2, 0.25) is 0 Å². The Morgan fingerprint density at radius 2 is 2.06 bits per heavy atom. The van der Waals surface area contributed by atoms with E-state index < -0.39 is 0 Å². The molecule has 0 bridgehead atoms. The molecule has 0 aliphatic rings. The van der Waals surface area contributed by atoms with Gasteiger partial charge in [0.05, 0.1) is 6.33 Å². The summed E-state index contributed by atoms with van der Waals surface area (Å²) in [5.41, 5.74) is 5.27. The molecular formula is C13H15BrN2. The first-order chi connectivity index (χ1) is 7.66. The van der Waals surface area contributed by atoms with Crippen molar-refractivity contribution >= 4 is 15.9 Å². The topological polar surface area (TPSA) is 28.7 Å². The van der Waals surface area contributed by atoms with Gasteiger partial charge >= 0.3 is 0 Å². The molecule has 0 unspecified atom stereocenters. The number of nitrogens with zero attached hydrogens (tertiary/aromatic N) is 1. The van der Waals surface area contributed by atoms with Gasteiger partial charge < -0.3 is 4.98 Å². The molecular weight excluding hydrogens is 264 g/mol. The first-order valence-corrected chi connectivity index (χ1v) is 6.20. The smallest absolute Gasteiger partial charge is 0.127 e. The number of nitrogens with one attached hydrogen (secondary N) is 1. The number of hydrogen-bond acceptors (Lipinski definition) is 1. The quantitative estimate of drug-likeness (QED) is 0.914. The van der Waals surface area contributed by atoms with Crippen LogP contribution in [0.25, 0.3) is 0 Å². The van der Waals surface area contributed by atoms with E-state index in [-0.39, 0.29) is 0 Å². The summed E-state index contributed by atoms with van der Waals surface area (Å²) in [4.78, 5) is 7.28. The van der Waals surface area contributed by atoms with E-state index in [1.807, 2.05) is 0 Å². The standard InChI is InChI=1S/C13H15BrN2/c1-9-3-4-11(10(2)7-9)5-6-12-13(14)16-8-15-12/h3-4,7-8H,5-6H2,1-2H3,(H,15,16). The normalized spacial score (nSPS) is 10.7. The zero-order valence-electron chi connectivity index (χ0n) is 9.55. The highest BCUT2D eigenvalue weighted by molar-refractivity contribution is 9.10. The molecule has 1 aromatic carbocycles. The van der Waals surface area contributed by atoms with Crippen LogP contribution in [-0.2, 0) is 12.8 Å². The molecule has 2 nitrogen and oxygen atoms in total. The fourth-order valence-electron chi connectivity index (χ4n) is 1.87. The number of benzene rings is 1. The van der Waals surface area contributed by atoms with Crippen LogP contribution >= 0.6 is 15.9 Å². The molecule has 0 atom stereocenters. The van der Waals surface area contributed by atoms with Gasteiger partial charge in [-0.25, -0.2) is 4.98 Å². The summed E-state index contributed by atoms with van der Waals surface area (Å²) in [6.07, 6.45) is 3.76. The molecule has 2 rings (SSSR count). The molecule has 0 aliphatic carbocycles. The number of halogens is 1. The van der Waals surface area contributed by atoms with Gasteiger partial charge in [0, 0.05) is 5.69 Å². The van der Waals surface area contributed by atoms with Crippen LogP contribution in [0, 0.1) is 13.8 Å². The lowest BCUT2D eigenvalue weighted by atomic mass is 10.0. The summed E-state index contributed by atoms with van der Waals surface area (Å²) >= 11 is 3.43. The number of aromatic nitrogens is 2. The second-order valence-electron chi connectivity index (χ2n) is 4.10. The average molecular weight is 279 g/mol. The lowest BCUT2D eigenvalue weighted by Crippen LogP contribution is -1.95. The fourth-order valence-corrected chi connectivity index (χ4v) is 2.28. The van der Waals surface area contributed by atoms with Gasteiger partial charge in [-0.15, -0.1) is 0 Å². The van der Waals surface area contributed by atoms with Crippen LogP contribution in [0.5, 0.6) is 0 Å². The van der Waals surface area contributed by atoms with Crippen molar-refractivity contribution in [2.75, 3.05) is 0 Å². The number of hydrogen-bond donors (Lipinski definition) is 1. The summed E-state index contributed by atoms with van der Waals surface area (Å²) in [6, 6.07) is 6.62. The molecule has 2 aromatic rings. The van der Waals surface area contributed by atoms with Crippen molar-refractivity contribution < 1.29 is 0 Å². The van der Waals surface area contributed by atoms with E-state index >= 15 is 0 Å². The van der Waals surface area contributed by atoms with E-state index in [4.69, 9.17) is 0 Å². The highest BCUT2D eigenvalue weighted by Gasteiger charge is 2.04. The number of aromatic amines is 1. The Balaban J connectivity index is 2.08. The van der Waals surface area contributed by atoms with E-state index in [0.29, 0.717) is 0 Å². The van der Waals surface area contributed by atoms with Gasteiger partial charge in [0.15, 0.2) is 0 Å². The fraction of sp³-hybridized carbons (Fsp3) is 0.308. The van der Waals surface area contributed by atoms with Crippen LogP contribution in [-0.4, -0.2) is 9.97 Å². The van der Waals surface area contributed by atoms with Gasteiger partial charge in [-0.2, -0.15) is 0 Å². The second kappa shape index (κ2) is 4.83. The average Bonchev–Trinajstić information content (AvgIpc) is 2.63. The van der Waals surface area contributed by atoms with Crippen molar-refractivity contribution in [3.05, 3.63) is 51.5 Å². The van der Waals surface area contributed by atoms with E-state index in [0.717, 1.165) is 17.4 Å². The van der Waals surface area contributed by atoms with Crippen LogP contribution in [0.4, 0.5) is 0 Å². The van der Waals surface area contributed by atoms with Crippen LogP contribution < -0.4 is 0 Å². The number of H-pyrrole nitrogens is 1. The third-order valence-corrected chi connectivity index (χ3v) is 3.49. The number of rotatable bonds is 3. The molecule has 84 valence electrons. The predicted octanol–water partition coefficient (Wildman–Crippen LogP) is 3.57. The van der Waals surface area contributed by atoms with Crippen LogP contribution in [0.15, 0.2) is 29.1 Å². The molecule has 0 fully saturated rings. The highest BCUT2D eigenvalue weighted by atomic mass is 79.9. The van der Waals surface area contributed by atoms with Crippen LogP contribution in [0.2, 0.25) is 0 Å². The SMILES string of the molecule is Cc1ccc(CCc2[nH]cnc2Br)c(C)c1. The second-order valence-corrected chi connectivity index (χ2v) is 4.85. The Morgan fingerprint density at radius 3 is 2.69 bits per heavy atom. The Bertz CT molecular complexity index is 488. The first kappa shape index (κ1) is 11.4. The molecule has 0 saturated carbocycles. The molecule has 1 N–H and O–H groups in total. The van der Waals surface area contributed by atoms with Crippen LogP contribution in [0.1, 0.15) is 22.4 Å². The van der Waals surface area contributed by atoms with Gasteiger partial charge in [-0.1, -0.05) is 23.8 Å². The summed E-state index contributed by atoms with van der Waals surface area (Å²) < 4.78 is 0.928. The maximum atomic E-state index is 4.13. The van der Waals surface area contributed by atoms with Gasteiger partial charge in [-0.05, 0) is 53.7 Å². The van der Waals surface area contributed by atoms with E-state index in [9.17, 15) is 0 Å². The minimum absolute atomic E-state index is 0.928. The molecule has 0 spiro atoms. The minimum Gasteiger partial charge on any atom is -0.348 e. The zero-order valence-corrected chi connectivity index (χ0v) is 11.1. The summed E-state index contributed by atoms with van der Waals surface area (Å²) in [6.45, 7) is 4.30. The Kier molecular flexibility index (Phi) is 3.44. The van der Waals surface area contributed by atoms with Crippen LogP contribution in [0.3, 0.4) is 0 Å². The largest absolute Gasteiger partial charge is 0.348 e. The lowest BCUT2D eigenvalue weighted by Gasteiger charge is -2.06. The zero-order chi connectivity index (χ0) is 11.5. The van der Waals surface area contributed by atoms with Gasteiger partial charge in [-0.3, -0.25) is 0 Å². The van der Waals surface area contributed by atoms with E-state index in [2.05, 4.69) is 57.9 Å². The summed E-state index contributed by atoms with van der Waals surface area (Å²) in [5, 5.41) is 0. The van der Waals surface area contributed by atoms with E-state index in [1.165, 1.54) is 22.4 Å². The highest BCUT2D eigenvalue weighted by Crippen LogP contribution is 2.16. The summed E-state index contributed by atoms with van der Waals surface area (Å²) in [7, 11) is 0. The summed E-state index contributed by atoms with van der Waals surface area (Å²) in [5.74, 6) is 0. The van der Waals surface area contributed by atoms with Gasteiger partial charge in [0.25, 0.3) is 0 Å². The number of aryl methyl sites for hydroxylation is 4. The molecule has 3 heteroatoms. The Hall–Kier alpha value is -1.09. The van der Waals surface area contributed by atoms with E-state index in [1.54, 1.807) is 6.33 Å². The third-order valence-electron chi connectivity index (χ3n) is 2.81. The third kappa shape index (κ3) is 2.53. The maximum absolute atomic E-state index is 4.13. The Morgan fingerprint density at radius 1 is 1.25 bits per heavy atom. The van der Waals surface area contributed by atoms with Crippen molar-refractivity contribution in [1.82, 2.24) is 9.97 Å². The molecule has 0 aliphatic heterocycles. The van der Waals surface area contributed by atoms with Crippen molar-refractivity contribution in [1.29, 1.82) is 0 Å². The number of imidazole rings is 1. The molecule has 1 heterocycles. The molecule has 16 heavy (non-hydrogen) atoms. The lowest BCUT2D eigenvalue weighted by molar-refractivity contribution is 0.910. The van der Waals surface area contributed by atoms with Crippen molar-refractivity contribution in [3.63, 3.8) is 0 Å².